The van der Waals surface area contributed by atoms with Gasteiger partial charge in [0.05, 0.1) is 4.92 Å². The Kier molecular flexibility index (Phi) is 5.31. The Morgan fingerprint density at radius 3 is 2.87 bits per heavy atom. The van der Waals surface area contributed by atoms with E-state index in [1.807, 2.05) is 17.9 Å². The predicted molar refractivity (Wildman–Crippen MR) is 85.4 cm³/mol. The van der Waals surface area contributed by atoms with Crippen LogP contribution in [0.25, 0.3) is 0 Å². The first kappa shape index (κ1) is 16.5. The first-order chi connectivity index (χ1) is 11.0. The molecule has 1 aromatic rings. The molecule has 1 saturated heterocycles. The molecule has 1 fully saturated rings. The minimum absolute atomic E-state index is 0.0584. The fourth-order valence-electron chi connectivity index (χ4n) is 2.54. The highest BCUT2D eigenvalue weighted by Gasteiger charge is 2.20. The van der Waals surface area contributed by atoms with Crippen molar-refractivity contribution in [2.75, 3.05) is 11.9 Å². The van der Waals surface area contributed by atoms with Crippen LogP contribution in [0.1, 0.15) is 26.2 Å². The predicted octanol–water partition coefficient (Wildman–Crippen LogP) is 2.82. The molecule has 0 spiro atoms. The maximum Gasteiger partial charge on any atom is 0.292 e. The Morgan fingerprint density at radius 2 is 2.22 bits per heavy atom. The van der Waals surface area contributed by atoms with Crippen LogP contribution in [0.5, 0.6) is 0 Å². The summed E-state index contributed by atoms with van der Waals surface area (Å²) in [6.07, 6.45) is 4.72. The Morgan fingerprint density at radius 1 is 1.48 bits per heavy atom. The van der Waals surface area contributed by atoms with Crippen LogP contribution in [0.2, 0.25) is 0 Å². The van der Waals surface area contributed by atoms with Crippen molar-refractivity contribution in [3.05, 3.63) is 46.2 Å². The summed E-state index contributed by atoms with van der Waals surface area (Å²) >= 11 is 0. The van der Waals surface area contributed by atoms with Crippen LogP contribution in [-0.2, 0) is 4.79 Å². The average molecular weight is 314 g/mol. The summed E-state index contributed by atoms with van der Waals surface area (Å²) in [4.78, 5) is 24.6. The number of carbonyl (C=O) groups is 1. The normalized spacial score (nSPS) is 18.2. The molecule has 0 radical (unpaired) electrons. The number of nitriles is 1. The maximum absolute atomic E-state index is 12.2. The lowest BCUT2D eigenvalue weighted by atomic mass is 10.0. The highest BCUT2D eigenvalue weighted by Crippen LogP contribution is 2.24. The zero-order valence-corrected chi connectivity index (χ0v) is 12.9. The van der Waals surface area contributed by atoms with Gasteiger partial charge < -0.3 is 10.2 Å². The van der Waals surface area contributed by atoms with E-state index in [0.29, 0.717) is 0 Å². The van der Waals surface area contributed by atoms with Crippen LogP contribution in [-0.4, -0.2) is 28.3 Å². The number of anilines is 1. The molecule has 0 saturated carbocycles. The fraction of sp³-hybridized carbons (Fsp3) is 0.375. The van der Waals surface area contributed by atoms with Crippen molar-refractivity contribution in [2.45, 2.75) is 32.2 Å². The number of nitro groups is 1. The van der Waals surface area contributed by atoms with Crippen molar-refractivity contribution < 1.29 is 9.72 Å². The second kappa shape index (κ2) is 7.40. The molecule has 1 heterocycles. The number of carbonyl (C=O) groups excluding carboxylic acids is 1. The van der Waals surface area contributed by atoms with E-state index in [1.165, 1.54) is 18.2 Å². The number of likely N-dealkylation sites (tertiary alicyclic amines) is 1. The van der Waals surface area contributed by atoms with Gasteiger partial charge in [-0.1, -0.05) is 12.1 Å². The van der Waals surface area contributed by atoms with Gasteiger partial charge in [0.15, 0.2) is 0 Å². The van der Waals surface area contributed by atoms with Crippen molar-refractivity contribution in [3.63, 3.8) is 0 Å². The SMILES string of the molecule is CC1CCCCN1/C=C(/C#N)C(=O)Nc1ccccc1[N+](=O)[O-]. The number of rotatable bonds is 4. The number of benzene rings is 1. The molecule has 1 aliphatic heterocycles. The van der Waals surface area contributed by atoms with Gasteiger partial charge in [0.2, 0.25) is 0 Å². The third-order valence-corrected chi connectivity index (χ3v) is 3.86. The number of amides is 1. The van der Waals surface area contributed by atoms with Gasteiger partial charge in [-0.25, -0.2) is 0 Å². The van der Waals surface area contributed by atoms with Gasteiger partial charge in [-0.05, 0) is 32.3 Å². The number of piperidine rings is 1. The second-order valence-corrected chi connectivity index (χ2v) is 5.47. The Hall–Kier alpha value is -2.88. The summed E-state index contributed by atoms with van der Waals surface area (Å²) in [5.41, 5.74) is -0.184. The monoisotopic (exact) mass is 314 g/mol. The molecular formula is C16H18N4O3. The molecule has 1 aliphatic rings. The molecule has 2 rings (SSSR count). The van der Waals surface area contributed by atoms with Crippen LogP contribution in [0, 0.1) is 21.4 Å². The molecule has 23 heavy (non-hydrogen) atoms. The molecule has 1 atom stereocenters. The number of nitrogens with one attached hydrogen (secondary N) is 1. The zero-order chi connectivity index (χ0) is 16.8. The molecule has 120 valence electrons. The summed E-state index contributed by atoms with van der Waals surface area (Å²) in [7, 11) is 0. The van der Waals surface area contributed by atoms with E-state index in [4.69, 9.17) is 0 Å². The van der Waals surface area contributed by atoms with E-state index in [2.05, 4.69) is 5.32 Å². The highest BCUT2D eigenvalue weighted by molar-refractivity contribution is 6.07. The van der Waals surface area contributed by atoms with Gasteiger partial charge in [-0.3, -0.25) is 14.9 Å². The Bertz CT molecular complexity index is 678. The van der Waals surface area contributed by atoms with Gasteiger partial charge in [-0.15, -0.1) is 0 Å². The van der Waals surface area contributed by atoms with Gasteiger partial charge in [0, 0.05) is 24.9 Å². The van der Waals surface area contributed by atoms with E-state index in [0.717, 1.165) is 25.8 Å². The molecule has 1 N–H and O–H groups in total. The molecule has 7 nitrogen and oxygen atoms in total. The lowest BCUT2D eigenvalue weighted by Gasteiger charge is -2.32. The lowest BCUT2D eigenvalue weighted by molar-refractivity contribution is -0.383. The molecule has 7 heteroatoms. The summed E-state index contributed by atoms with van der Waals surface area (Å²) in [5, 5.41) is 22.6. The van der Waals surface area contributed by atoms with Gasteiger partial charge in [-0.2, -0.15) is 5.26 Å². The Labute approximate surface area is 134 Å². The molecule has 1 amide bonds. The summed E-state index contributed by atoms with van der Waals surface area (Å²) in [6, 6.07) is 7.99. The number of nitro benzene ring substituents is 1. The van der Waals surface area contributed by atoms with Gasteiger partial charge in [0.1, 0.15) is 17.3 Å². The van der Waals surface area contributed by atoms with Crippen LogP contribution in [0.3, 0.4) is 0 Å². The smallest absolute Gasteiger partial charge is 0.292 e. The largest absolute Gasteiger partial charge is 0.373 e. The fourth-order valence-corrected chi connectivity index (χ4v) is 2.54. The van der Waals surface area contributed by atoms with E-state index in [1.54, 1.807) is 12.3 Å². The number of para-hydroxylation sites is 2. The van der Waals surface area contributed by atoms with Crippen molar-refractivity contribution >= 4 is 17.3 Å². The van der Waals surface area contributed by atoms with E-state index >= 15 is 0 Å². The van der Waals surface area contributed by atoms with Crippen molar-refractivity contribution in [1.82, 2.24) is 4.90 Å². The zero-order valence-electron chi connectivity index (χ0n) is 12.9. The van der Waals surface area contributed by atoms with Gasteiger partial charge >= 0.3 is 0 Å². The van der Waals surface area contributed by atoms with E-state index in [9.17, 15) is 20.2 Å². The van der Waals surface area contributed by atoms with Crippen LogP contribution in [0.15, 0.2) is 36.0 Å². The third-order valence-electron chi connectivity index (χ3n) is 3.86. The first-order valence-electron chi connectivity index (χ1n) is 7.45. The Balaban J connectivity index is 2.18. The van der Waals surface area contributed by atoms with E-state index < -0.39 is 10.8 Å². The van der Waals surface area contributed by atoms with Crippen molar-refractivity contribution in [2.24, 2.45) is 0 Å². The number of hydrogen-bond acceptors (Lipinski definition) is 5. The number of hydrogen-bond donors (Lipinski definition) is 1. The van der Waals surface area contributed by atoms with Crippen LogP contribution >= 0.6 is 0 Å². The average Bonchev–Trinajstić information content (AvgIpc) is 2.54. The molecule has 1 unspecified atom stereocenters. The quantitative estimate of drug-likeness (QED) is 0.399. The van der Waals surface area contributed by atoms with Crippen LogP contribution < -0.4 is 5.32 Å². The van der Waals surface area contributed by atoms with Crippen molar-refractivity contribution in [3.8, 4) is 6.07 Å². The second-order valence-electron chi connectivity index (χ2n) is 5.47. The summed E-state index contributed by atoms with van der Waals surface area (Å²) in [5.74, 6) is -0.639. The minimum Gasteiger partial charge on any atom is -0.373 e. The summed E-state index contributed by atoms with van der Waals surface area (Å²) in [6.45, 7) is 2.84. The highest BCUT2D eigenvalue weighted by atomic mass is 16.6. The molecule has 0 aromatic heterocycles. The molecule has 1 aromatic carbocycles. The van der Waals surface area contributed by atoms with E-state index in [-0.39, 0.29) is 23.0 Å². The summed E-state index contributed by atoms with van der Waals surface area (Å²) < 4.78 is 0. The lowest BCUT2D eigenvalue weighted by Crippen LogP contribution is -2.34. The topological polar surface area (TPSA) is 99.3 Å². The van der Waals surface area contributed by atoms with Gasteiger partial charge in [0.25, 0.3) is 11.6 Å². The molecular weight excluding hydrogens is 296 g/mol. The first-order valence-corrected chi connectivity index (χ1v) is 7.45. The molecule has 0 aliphatic carbocycles. The third kappa shape index (κ3) is 4.07. The van der Waals surface area contributed by atoms with Crippen molar-refractivity contribution in [1.29, 1.82) is 5.26 Å². The number of nitrogens with zero attached hydrogens (tertiary/aromatic N) is 3. The maximum atomic E-state index is 12.2. The minimum atomic E-state index is -0.639. The van der Waals surface area contributed by atoms with Crippen LogP contribution in [0.4, 0.5) is 11.4 Å². The molecule has 0 bridgehead atoms. The standard InChI is InChI=1S/C16H18N4O3/c1-12-6-4-5-9-19(12)11-13(10-17)16(21)18-14-7-2-3-8-15(14)20(22)23/h2-3,7-8,11-12H,4-6,9H2,1H3,(H,18,21)/b13-11-.